The molecule has 0 rings (SSSR count). The molecule has 0 heterocycles. The Morgan fingerprint density at radius 2 is 1.82 bits per heavy atom. The molecule has 1 N–H and O–H groups in total. The topological polar surface area (TPSA) is 49.8 Å². The molecular weight excluding hydrogens is 218 g/mol. The highest BCUT2D eigenvalue weighted by atomic mass is 16.5. The summed E-state index contributed by atoms with van der Waals surface area (Å²) < 4.78 is 5.00. The first-order valence-electron chi connectivity index (χ1n) is 6.31. The molecule has 0 aromatic carbocycles. The number of unbranched alkanes of at least 4 members (excludes halogenated alkanes) is 1. The van der Waals surface area contributed by atoms with Crippen molar-refractivity contribution in [2.45, 2.75) is 39.5 Å². The Hall–Kier alpha value is -0.610. The molecule has 0 fully saturated rings. The predicted octanol–water partition coefficient (Wildman–Crippen LogP) is 2.24. The molecule has 0 saturated heterocycles. The molecule has 0 amide bonds. The number of nitrogens with zero attached hydrogens (tertiary/aromatic N) is 1. The molecule has 0 aromatic heterocycles. The Bertz CT molecular complexity index is 217. The van der Waals surface area contributed by atoms with Gasteiger partial charge in [-0.2, -0.15) is 0 Å². The van der Waals surface area contributed by atoms with Crippen LogP contribution in [0.1, 0.15) is 39.5 Å². The largest absolute Gasteiger partial charge is 0.481 e. The summed E-state index contributed by atoms with van der Waals surface area (Å²) >= 11 is 0. The Morgan fingerprint density at radius 3 is 2.35 bits per heavy atom. The molecule has 0 aromatic rings. The number of methoxy groups -OCH3 is 1. The Kier molecular flexibility index (Phi) is 8.17. The van der Waals surface area contributed by atoms with Gasteiger partial charge < -0.3 is 14.7 Å². The second-order valence-corrected chi connectivity index (χ2v) is 5.30. The van der Waals surface area contributed by atoms with E-state index in [1.807, 2.05) is 0 Å². The summed E-state index contributed by atoms with van der Waals surface area (Å²) in [7, 11) is 3.81. The highest BCUT2D eigenvalue weighted by Gasteiger charge is 2.25. The van der Waals surface area contributed by atoms with E-state index in [4.69, 9.17) is 9.84 Å². The molecule has 0 aliphatic heterocycles. The molecule has 0 atom stereocenters. The van der Waals surface area contributed by atoms with Gasteiger partial charge in [0.15, 0.2) is 0 Å². The predicted molar refractivity (Wildman–Crippen MR) is 69.3 cm³/mol. The molecule has 4 nitrogen and oxygen atoms in total. The van der Waals surface area contributed by atoms with Crippen LogP contribution in [-0.4, -0.2) is 49.8 Å². The lowest BCUT2D eigenvalue weighted by atomic mass is 9.87. The Balaban J connectivity index is 3.54. The molecule has 0 saturated carbocycles. The SMILES string of the molecule is COCCCN(C)CCCCC(C)(C)C(=O)O. The zero-order valence-corrected chi connectivity index (χ0v) is 11.7. The number of ether oxygens (including phenoxy) is 1. The molecule has 0 unspecified atom stereocenters. The van der Waals surface area contributed by atoms with Gasteiger partial charge in [-0.25, -0.2) is 0 Å². The minimum absolute atomic E-state index is 0.589. The van der Waals surface area contributed by atoms with Crippen molar-refractivity contribution in [2.75, 3.05) is 33.9 Å². The quantitative estimate of drug-likeness (QED) is 0.600. The number of carboxylic acid groups (broad SMARTS) is 1. The molecule has 102 valence electrons. The number of aliphatic carboxylic acids is 1. The van der Waals surface area contributed by atoms with Crippen LogP contribution >= 0.6 is 0 Å². The van der Waals surface area contributed by atoms with Crippen LogP contribution in [0.4, 0.5) is 0 Å². The van der Waals surface area contributed by atoms with E-state index >= 15 is 0 Å². The third-order valence-electron chi connectivity index (χ3n) is 3.06. The van der Waals surface area contributed by atoms with Crippen LogP contribution in [0, 0.1) is 5.41 Å². The minimum atomic E-state index is -0.703. The number of carbonyl (C=O) groups is 1. The summed E-state index contributed by atoms with van der Waals surface area (Å²) in [5.74, 6) is -0.703. The number of hydrogen-bond acceptors (Lipinski definition) is 3. The fourth-order valence-electron chi connectivity index (χ4n) is 1.65. The molecule has 4 heteroatoms. The van der Waals surface area contributed by atoms with Crippen molar-refractivity contribution >= 4 is 5.97 Å². The molecule has 0 aliphatic rings. The van der Waals surface area contributed by atoms with Crippen LogP contribution in [0.3, 0.4) is 0 Å². The molecular formula is C13H27NO3. The van der Waals surface area contributed by atoms with Gasteiger partial charge >= 0.3 is 5.97 Å². The summed E-state index contributed by atoms with van der Waals surface area (Å²) in [4.78, 5) is 13.2. The Morgan fingerprint density at radius 1 is 1.24 bits per heavy atom. The van der Waals surface area contributed by atoms with Gasteiger partial charge in [0.2, 0.25) is 0 Å². The smallest absolute Gasteiger partial charge is 0.309 e. The van der Waals surface area contributed by atoms with Crippen molar-refractivity contribution in [3.8, 4) is 0 Å². The van der Waals surface area contributed by atoms with Gasteiger partial charge in [-0.15, -0.1) is 0 Å². The summed E-state index contributed by atoms with van der Waals surface area (Å²) in [6.07, 6.45) is 3.82. The fourth-order valence-corrected chi connectivity index (χ4v) is 1.65. The van der Waals surface area contributed by atoms with Crippen LogP contribution in [0.2, 0.25) is 0 Å². The fraction of sp³-hybridized carbons (Fsp3) is 0.923. The van der Waals surface area contributed by atoms with Crippen LogP contribution in [0.5, 0.6) is 0 Å². The van der Waals surface area contributed by atoms with Gasteiger partial charge in [-0.05, 0) is 46.7 Å². The second-order valence-electron chi connectivity index (χ2n) is 5.30. The van der Waals surface area contributed by atoms with E-state index in [-0.39, 0.29) is 0 Å². The van der Waals surface area contributed by atoms with Crippen molar-refractivity contribution in [1.82, 2.24) is 4.90 Å². The van der Waals surface area contributed by atoms with Crippen molar-refractivity contribution in [1.29, 1.82) is 0 Å². The van der Waals surface area contributed by atoms with E-state index in [0.717, 1.165) is 45.4 Å². The number of rotatable bonds is 10. The van der Waals surface area contributed by atoms with E-state index in [2.05, 4.69) is 11.9 Å². The second kappa shape index (κ2) is 8.48. The summed E-state index contributed by atoms with van der Waals surface area (Å²) in [6.45, 7) is 6.45. The van der Waals surface area contributed by atoms with Crippen LogP contribution in [-0.2, 0) is 9.53 Å². The van der Waals surface area contributed by atoms with E-state index in [0.29, 0.717) is 0 Å². The lowest BCUT2D eigenvalue weighted by molar-refractivity contribution is -0.147. The van der Waals surface area contributed by atoms with E-state index < -0.39 is 11.4 Å². The van der Waals surface area contributed by atoms with Gasteiger partial charge in [0.1, 0.15) is 0 Å². The van der Waals surface area contributed by atoms with E-state index in [1.54, 1.807) is 21.0 Å². The van der Waals surface area contributed by atoms with Crippen molar-refractivity contribution in [2.24, 2.45) is 5.41 Å². The number of carboxylic acids is 1. The standard InChI is InChI=1S/C13H27NO3/c1-13(2,12(15)16)8-5-6-9-14(3)10-7-11-17-4/h5-11H2,1-4H3,(H,15,16). The highest BCUT2D eigenvalue weighted by molar-refractivity contribution is 5.73. The normalized spacial score (nSPS) is 12.1. The minimum Gasteiger partial charge on any atom is -0.481 e. The van der Waals surface area contributed by atoms with Gasteiger partial charge in [0.05, 0.1) is 5.41 Å². The summed E-state index contributed by atoms with van der Waals surface area (Å²) in [6, 6.07) is 0. The maximum atomic E-state index is 10.9. The van der Waals surface area contributed by atoms with Crippen LogP contribution in [0.15, 0.2) is 0 Å². The first-order valence-corrected chi connectivity index (χ1v) is 6.31. The Labute approximate surface area is 105 Å². The lowest BCUT2D eigenvalue weighted by Crippen LogP contribution is -2.25. The van der Waals surface area contributed by atoms with E-state index in [9.17, 15) is 4.79 Å². The number of hydrogen-bond donors (Lipinski definition) is 1. The third kappa shape index (κ3) is 8.16. The van der Waals surface area contributed by atoms with Crippen molar-refractivity contribution < 1.29 is 14.6 Å². The average Bonchev–Trinajstić information content (AvgIpc) is 2.24. The van der Waals surface area contributed by atoms with Crippen molar-refractivity contribution in [3.63, 3.8) is 0 Å². The zero-order chi connectivity index (χ0) is 13.3. The maximum Gasteiger partial charge on any atom is 0.309 e. The van der Waals surface area contributed by atoms with Gasteiger partial charge in [-0.3, -0.25) is 4.79 Å². The third-order valence-corrected chi connectivity index (χ3v) is 3.06. The monoisotopic (exact) mass is 245 g/mol. The van der Waals surface area contributed by atoms with Gasteiger partial charge in [0.25, 0.3) is 0 Å². The van der Waals surface area contributed by atoms with Gasteiger partial charge in [0, 0.05) is 20.3 Å². The highest BCUT2D eigenvalue weighted by Crippen LogP contribution is 2.23. The lowest BCUT2D eigenvalue weighted by Gasteiger charge is -2.20. The summed E-state index contributed by atoms with van der Waals surface area (Å²) in [5, 5.41) is 8.97. The maximum absolute atomic E-state index is 10.9. The van der Waals surface area contributed by atoms with Crippen LogP contribution in [0.25, 0.3) is 0 Å². The molecule has 0 bridgehead atoms. The molecule has 0 radical (unpaired) electrons. The zero-order valence-electron chi connectivity index (χ0n) is 11.7. The molecule has 0 spiro atoms. The molecule has 0 aliphatic carbocycles. The van der Waals surface area contributed by atoms with Crippen molar-refractivity contribution in [3.05, 3.63) is 0 Å². The van der Waals surface area contributed by atoms with Gasteiger partial charge in [-0.1, -0.05) is 6.42 Å². The summed E-state index contributed by atoms with van der Waals surface area (Å²) in [5.41, 5.74) is -0.589. The average molecular weight is 245 g/mol. The van der Waals surface area contributed by atoms with E-state index in [1.165, 1.54) is 0 Å². The van der Waals surface area contributed by atoms with Crippen LogP contribution < -0.4 is 0 Å². The first kappa shape index (κ1) is 16.4. The molecule has 17 heavy (non-hydrogen) atoms. The first-order chi connectivity index (χ1) is 7.90.